The Morgan fingerprint density at radius 1 is 1.35 bits per heavy atom. The van der Waals surface area contributed by atoms with Crippen molar-refractivity contribution in [2.45, 2.75) is 51.7 Å². The van der Waals surface area contributed by atoms with E-state index >= 15 is 0 Å². The molecule has 2 rings (SSSR count). The van der Waals surface area contributed by atoms with E-state index in [1.54, 1.807) is 0 Å². The molecular weight excluding hydrogens is 296 g/mol. The normalized spacial score (nSPS) is 14.8. The molecule has 0 fully saturated rings. The fraction of sp³-hybridized carbons (Fsp3) is 0.471. The molecule has 0 aliphatic heterocycles. The van der Waals surface area contributed by atoms with E-state index in [0.717, 1.165) is 16.5 Å². The average Bonchev–Trinajstić information content (AvgIpc) is 2.75. The molecule has 6 nitrogen and oxygen atoms in total. The van der Waals surface area contributed by atoms with E-state index in [1.165, 1.54) is 0 Å². The molecule has 0 saturated heterocycles. The summed E-state index contributed by atoms with van der Waals surface area (Å²) in [6.45, 7) is 5.81. The highest BCUT2D eigenvalue weighted by atomic mass is 16.6. The number of carboxylic acids is 1. The Morgan fingerprint density at radius 2 is 2.00 bits per heavy atom. The van der Waals surface area contributed by atoms with Crippen molar-refractivity contribution < 1.29 is 19.7 Å². The lowest BCUT2D eigenvalue weighted by Gasteiger charge is -2.23. The van der Waals surface area contributed by atoms with Gasteiger partial charge in [-0.2, -0.15) is 0 Å². The molecular formula is C17H24N2O4. The number of ether oxygens (including phenoxy) is 1. The van der Waals surface area contributed by atoms with Crippen LogP contribution in [-0.2, 0) is 22.5 Å². The molecule has 0 aliphatic carbocycles. The molecule has 2 unspecified atom stereocenters. The van der Waals surface area contributed by atoms with Crippen molar-refractivity contribution in [1.82, 2.24) is 4.57 Å². The van der Waals surface area contributed by atoms with Crippen molar-refractivity contribution in [3.63, 3.8) is 0 Å². The summed E-state index contributed by atoms with van der Waals surface area (Å²) in [5, 5.41) is 20.1. The van der Waals surface area contributed by atoms with Crippen LogP contribution in [0.3, 0.4) is 0 Å². The smallest absolute Gasteiger partial charge is 0.322 e. The van der Waals surface area contributed by atoms with E-state index in [4.69, 9.17) is 15.6 Å². The Morgan fingerprint density at radius 3 is 2.61 bits per heavy atom. The second kappa shape index (κ2) is 6.70. The van der Waals surface area contributed by atoms with Crippen LogP contribution < -0.4 is 5.73 Å². The summed E-state index contributed by atoms with van der Waals surface area (Å²) in [6, 6.07) is 6.66. The van der Waals surface area contributed by atoms with Gasteiger partial charge in [-0.05, 0) is 32.4 Å². The monoisotopic (exact) mass is 320 g/mol. The van der Waals surface area contributed by atoms with Crippen molar-refractivity contribution in [2.24, 2.45) is 5.73 Å². The standard InChI is InChI=1S/C17H24N2O4/c1-17(2,3)23-15(20)8-11-9-19(10-13(18)16(21)22)14-7-5-4-6-12(11)14/h4-7,9,13,15,20H,8,10,18H2,1-3H3,(H,21,22). The zero-order valence-corrected chi connectivity index (χ0v) is 13.7. The van der Waals surface area contributed by atoms with Crippen molar-refractivity contribution in [3.8, 4) is 0 Å². The van der Waals surface area contributed by atoms with Crippen molar-refractivity contribution in [2.75, 3.05) is 0 Å². The van der Waals surface area contributed by atoms with Crippen LogP contribution in [0, 0.1) is 0 Å². The largest absolute Gasteiger partial charge is 0.480 e. The number of carboxylic acid groups (broad SMARTS) is 1. The molecule has 0 saturated carbocycles. The Labute approximate surface area is 135 Å². The molecule has 0 spiro atoms. The van der Waals surface area contributed by atoms with Crippen LogP contribution >= 0.6 is 0 Å². The molecule has 1 aromatic carbocycles. The number of para-hydroxylation sites is 1. The van der Waals surface area contributed by atoms with Gasteiger partial charge in [0.15, 0.2) is 6.29 Å². The number of benzene rings is 1. The minimum absolute atomic E-state index is 0.173. The highest BCUT2D eigenvalue weighted by Crippen LogP contribution is 2.24. The molecule has 0 amide bonds. The Hall–Kier alpha value is -1.89. The van der Waals surface area contributed by atoms with Gasteiger partial charge in [0.05, 0.1) is 5.60 Å². The molecule has 1 heterocycles. The molecule has 23 heavy (non-hydrogen) atoms. The third-order valence-corrected chi connectivity index (χ3v) is 3.47. The molecule has 0 aliphatic rings. The van der Waals surface area contributed by atoms with Crippen molar-refractivity contribution >= 4 is 16.9 Å². The first-order chi connectivity index (χ1) is 10.7. The maximum atomic E-state index is 11.0. The van der Waals surface area contributed by atoms with Crippen LogP contribution in [0.5, 0.6) is 0 Å². The van der Waals surface area contributed by atoms with E-state index < -0.39 is 23.9 Å². The van der Waals surface area contributed by atoms with Crippen molar-refractivity contribution in [3.05, 3.63) is 36.0 Å². The fourth-order valence-electron chi connectivity index (χ4n) is 2.56. The topological polar surface area (TPSA) is 97.7 Å². The van der Waals surface area contributed by atoms with Crippen LogP contribution in [0.1, 0.15) is 26.3 Å². The van der Waals surface area contributed by atoms with Gasteiger partial charge in [-0.25, -0.2) is 0 Å². The van der Waals surface area contributed by atoms with Gasteiger partial charge in [0.2, 0.25) is 0 Å². The van der Waals surface area contributed by atoms with E-state index in [9.17, 15) is 9.90 Å². The van der Waals surface area contributed by atoms with Gasteiger partial charge >= 0.3 is 5.97 Å². The number of aliphatic carboxylic acids is 1. The van der Waals surface area contributed by atoms with E-state index in [2.05, 4.69) is 0 Å². The quantitative estimate of drug-likeness (QED) is 0.704. The first kappa shape index (κ1) is 17.5. The zero-order valence-electron chi connectivity index (χ0n) is 13.7. The second-order valence-electron chi connectivity index (χ2n) is 6.66. The predicted molar refractivity (Wildman–Crippen MR) is 88.1 cm³/mol. The highest BCUT2D eigenvalue weighted by Gasteiger charge is 2.20. The molecule has 6 heteroatoms. The number of fused-ring (bicyclic) bond motifs is 1. The summed E-state index contributed by atoms with van der Waals surface area (Å²) in [7, 11) is 0. The summed E-state index contributed by atoms with van der Waals surface area (Å²) >= 11 is 0. The lowest BCUT2D eigenvalue weighted by molar-refractivity contribution is -0.163. The van der Waals surface area contributed by atoms with Crippen LogP contribution in [0.2, 0.25) is 0 Å². The second-order valence-corrected chi connectivity index (χ2v) is 6.66. The number of aliphatic hydroxyl groups is 1. The summed E-state index contributed by atoms with van der Waals surface area (Å²) in [6.07, 6.45) is 1.23. The minimum Gasteiger partial charge on any atom is -0.480 e. The van der Waals surface area contributed by atoms with Gasteiger partial charge in [0.25, 0.3) is 0 Å². The Kier molecular flexibility index (Phi) is 5.09. The maximum absolute atomic E-state index is 11.0. The molecule has 126 valence electrons. The summed E-state index contributed by atoms with van der Waals surface area (Å²) in [5.41, 5.74) is 6.99. The van der Waals surface area contributed by atoms with Gasteiger partial charge in [0, 0.05) is 30.1 Å². The number of aromatic nitrogens is 1. The van der Waals surface area contributed by atoms with Crippen LogP contribution in [-0.4, -0.2) is 38.7 Å². The summed E-state index contributed by atoms with van der Waals surface area (Å²) in [4.78, 5) is 11.0. The lowest BCUT2D eigenvalue weighted by atomic mass is 10.1. The van der Waals surface area contributed by atoms with Gasteiger partial charge in [-0.3, -0.25) is 4.79 Å². The van der Waals surface area contributed by atoms with Gasteiger partial charge < -0.3 is 25.3 Å². The number of hydrogen-bond donors (Lipinski definition) is 3. The molecule has 2 aromatic rings. The third-order valence-electron chi connectivity index (χ3n) is 3.47. The van der Waals surface area contributed by atoms with Crippen LogP contribution in [0.15, 0.2) is 30.5 Å². The van der Waals surface area contributed by atoms with Crippen LogP contribution in [0.25, 0.3) is 10.9 Å². The fourth-order valence-corrected chi connectivity index (χ4v) is 2.56. The van der Waals surface area contributed by atoms with E-state index in [1.807, 2.05) is 55.8 Å². The predicted octanol–water partition coefficient (Wildman–Crippen LogP) is 1.73. The number of rotatable bonds is 6. The zero-order chi connectivity index (χ0) is 17.2. The van der Waals surface area contributed by atoms with Gasteiger partial charge in [-0.1, -0.05) is 18.2 Å². The number of hydrogen-bond acceptors (Lipinski definition) is 4. The Bertz CT molecular complexity index is 687. The van der Waals surface area contributed by atoms with Gasteiger partial charge in [0.1, 0.15) is 6.04 Å². The molecule has 1 aromatic heterocycles. The molecule has 0 radical (unpaired) electrons. The minimum atomic E-state index is -1.04. The first-order valence-electron chi connectivity index (χ1n) is 7.58. The van der Waals surface area contributed by atoms with Gasteiger partial charge in [-0.15, -0.1) is 0 Å². The number of nitrogens with two attached hydrogens (primary N) is 1. The highest BCUT2D eigenvalue weighted by molar-refractivity contribution is 5.84. The first-order valence-corrected chi connectivity index (χ1v) is 7.58. The molecule has 0 bridgehead atoms. The summed E-state index contributed by atoms with van der Waals surface area (Å²) in [5.74, 6) is -1.04. The SMILES string of the molecule is CC(C)(C)OC(O)Cc1cn(CC(N)C(=O)O)c2ccccc12. The number of carbonyl (C=O) groups is 1. The number of nitrogens with zero attached hydrogens (tertiary/aromatic N) is 1. The average molecular weight is 320 g/mol. The van der Waals surface area contributed by atoms with Crippen LogP contribution in [0.4, 0.5) is 0 Å². The molecule has 4 N–H and O–H groups in total. The van der Waals surface area contributed by atoms with E-state index in [-0.39, 0.29) is 6.54 Å². The van der Waals surface area contributed by atoms with Crippen molar-refractivity contribution in [1.29, 1.82) is 0 Å². The molecule has 2 atom stereocenters. The lowest BCUT2D eigenvalue weighted by Crippen LogP contribution is -2.34. The maximum Gasteiger partial charge on any atom is 0.322 e. The summed E-state index contributed by atoms with van der Waals surface area (Å²) < 4.78 is 7.36. The third kappa shape index (κ3) is 4.54. The Balaban J connectivity index is 2.28. The van der Waals surface area contributed by atoms with E-state index in [0.29, 0.717) is 6.42 Å². The number of aliphatic hydroxyl groups excluding tert-OH is 1.